The molecule has 68 valence electrons. The lowest BCUT2D eigenvalue weighted by molar-refractivity contribution is -0.139. The quantitative estimate of drug-likeness (QED) is 0.480. The minimum atomic E-state index is -0.841. The summed E-state index contributed by atoms with van der Waals surface area (Å²) >= 11 is 0. The molecule has 1 rings (SSSR count). The lowest BCUT2D eigenvalue weighted by atomic mass is 10.1. The number of ether oxygens (including phenoxy) is 1. The van der Waals surface area contributed by atoms with Gasteiger partial charge in [-0.1, -0.05) is 13.8 Å². The van der Waals surface area contributed by atoms with Gasteiger partial charge in [0.05, 0.1) is 18.9 Å². The molecule has 0 saturated heterocycles. The van der Waals surface area contributed by atoms with Crippen LogP contribution in [-0.4, -0.2) is 24.1 Å². The van der Waals surface area contributed by atoms with Gasteiger partial charge in [-0.2, -0.15) is 0 Å². The molecule has 2 atom stereocenters. The monoisotopic (exact) mass is 171 g/mol. The first kappa shape index (κ1) is 9.03. The second kappa shape index (κ2) is 2.47. The Kier molecular flexibility index (Phi) is 1.86. The van der Waals surface area contributed by atoms with Crippen LogP contribution in [0.1, 0.15) is 13.8 Å². The molecule has 1 aliphatic rings. The van der Waals surface area contributed by atoms with Gasteiger partial charge in [0.1, 0.15) is 0 Å². The molecule has 0 aromatic carbocycles. The first-order valence-corrected chi connectivity index (χ1v) is 3.78. The molecule has 4 heteroatoms. The molecule has 0 heterocycles. The standard InChI is InChI=1S/C8H13NO3/c1-8(2)4(6(9)12-3)5(8)7(10)11/h4-5,9H,1-3H3,(H,10,11). The Balaban J connectivity index is 2.73. The minimum Gasteiger partial charge on any atom is -0.484 e. The predicted molar refractivity (Wildman–Crippen MR) is 43.1 cm³/mol. The van der Waals surface area contributed by atoms with Crippen molar-refractivity contribution in [1.82, 2.24) is 0 Å². The van der Waals surface area contributed by atoms with E-state index in [0.717, 1.165) is 0 Å². The van der Waals surface area contributed by atoms with Crippen LogP contribution in [0.25, 0.3) is 0 Å². The Labute approximate surface area is 71.0 Å². The maximum Gasteiger partial charge on any atom is 0.307 e. The third kappa shape index (κ3) is 1.07. The second-order valence-electron chi connectivity index (χ2n) is 3.68. The lowest BCUT2D eigenvalue weighted by Gasteiger charge is -2.01. The van der Waals surface area contributed by atoms with Gasteiger partial charge in [-0.05, 0) is 5.41 Å². The van der Waals surface area contributed by atoms with E-state index in [4.69, 9.17) is 15.3 Å². The summed E-state index contributed by atoms with van der Waals surface area (Å²) in [5.74, 6) is -1.47. The number of hydrogen-bond acceptors (Lipinski definition) is 3. The molecule has 0 bridgehead atoms. The molecule has 2 unspecified atom stereocenters. The summed E-state index contributed by atoms with van der Waals surface area (Å²) in [5, 5.41) is 16.1. The Morgan fingerprint density at radius 3 is 2.25 bits per heavy atom. The van der Waals surface area contributed by atoms with Crippen LogP contribution in [0.3, 0.4) is 0 Å². The highest BCUT2D eigenvalue weighted by Gasteiger charge is 2.65. The number of carboxylic acids is 1. The second-order valence-corrected chi connectivity index (χ2v) is 3.68. The zero-order valence-corrected chi connectivity index (χ0v) is 7.42. The molecular formula is C8H13NO3. The third-order valence-electron chi connectivity index (χ3n) is 2.60. The fraction of sp³-hybridized carbons (Fsp3) is 0.750. The zero-order valence-electron chi connectivity index (χ0n) is 7.42. The van der Waals surface area contributed by atoms with E-state index in [-0.39, 0.29) is 17.2 Å². The van der Waals surface area contributed by atoms with Gasteiger partial charge in [-0.3, -0.25) is 10.2 Å². The SMILES string of the molecule is COC(=N)C1C(C(=O)O)C1(C)C. The van der Waals surface area contributed by atoms with Crippen molar-refractivity contribution in [2.24, 2.45) is 17.3 Å². The van der Waals surface area contributed by atoms with E-state index >= 15 is 0 Å². The van der Waals surface area contributed by atoms with Gasteiger partial charge in [0, 0.05) is 0 Å². The molecule has 2 N–H and O–H groups in total. The smallest absolute Gasteiger partial charge is 0.307 e. The molecule has 4 nitrogen and oxygen atoms in total. The molecule has 1 saturated carbocycles. The maximum atomic E-state index is 10.7. The normalized spacial score (nSPS) is 30.9. The number of rotatable bonds is 2. The van der Waals surface area contributed by atoms with Gasteiger partial charge in [-0.15, -0.1) is 0 Å². The molecule has 12 heavy (non-hydrogen) atoms. The molecular weight excluding hydrogens is 158 g/mol. The molecule has 0 aromatic rings. The summed E-state index contributed by atoms with van der Waals surface area (Å²) in [6.07, 6.45) is 0. The maximum absolute atomic E-state index is 10.7. The van der Waals surface area contributed by atoms with E-state index in [9.17, 15) is 4.79 Å². The van der Waals surface area contributed by atoms with Crippen LogP contribution in [-0.2, 0) is 9.53 Å². The summed E-state index contributed by atoms with van der Waals surface area (Å²) in [7, 11) is 1.40. The number of methoxy groups -OCH3 is 1. The highest BCUT2D eigenvalue weighted by molar-refractivity contribution is 5.89. The van der Waals surface area contributed by atoms with Crippen molar-refractivity contribution >= 4 is 11.9 Å². The first-order chi connectivity index (χ1) is 5.42. The van der Waals surface area contributed by atoms with Gasteiger partial charge in [0.25, 0.3) is 0 Å². The van der Waals surface area contributed by atoms with Gasteiger partial charge >= 0.3 is 5.97 Å². The Morgan fingerprint density at radius 2 is 2.00 bits per heavy atom. The molecule has 0 aliphatic heterocycles. The number of carboxylic acid groups (broad SMARTS) is 1. The van der Waals surface area contributed by atoms with Gasteiger partial charge < -0.3 is 9.84 Å². The number of hydrogen-bond donors (Lipinski definition) is 2. The van der Waals surface area contributed by atoms with Crippen molar-refractivity contribution in [3.63, 3.8) is 0 Å². The lowest BCUT2D eigenvalue weighted by Crippen LogP contribution is -2.08. The van der Waals surface area contributed by atoms with E-state index < -0.39 is 11.9 Å². The van der Waals surface area contributed by atoms with Crippen LogP contribution < -0.4 is 0 Å². The van der Waals surface area contributed by atoms with Crippen LogP contribution in [0.2, 0.25) is 0 Å². The van der Waals surface area contributed by atoms with Gasteiger partial charge in [-0.25, -0.2) is 0 Å². The zero-order chi connectivity index (χ0) is 9.52. The fourth-order valence-electron chi connectivity index (χ4n) is 1.71. The van der Waals surface area contributed by atoms with E-state index in [1.807, 2.05) is 13.8 Å². The van der Waals surface area contributed by atoms with Crippen LogP contribution in [0.4, 0.5) is 0 Å². The average Bonchev–Trinajstić information content (AvgIpc) is 2.52. The van der Waals surface area contributed by atoms with Crippen LogP contribution in [0.15, 0.2) is 0 Å². The molecule has 0 amide bonds. The van der Waals surface area contributed by atoms with Crippen molar-refractivity contribution in [3.05, 3.63) is 0 Å². The molecule has 1 aliphatic carbocycles. The number of nitrogens with one attached hydrogen (secondary N) is 1. The summed E-state index contributed by atoms with van der Waals surface area (Å²) in [6, 6.07) is 0. The molecule has 0 aromatic heterocycles. The Morgan fingerprint density at radius 1 is 1.50 bits per heavy atom. The summed E-state index contributed by atoms with van der Waals surface area (Å²) in [4.78, 5) is 10.7. The number of aliphatic carboxylic acids is 1. The van der Waals surface area contributed by atoms with Crippen LogP contribution >= 0.6 is 0 Å². The van der Waals surface area contributed by atoms with Crippen molar-refractivity contribution < 1.29 is 14.6 Å². The van der Waals surface area contributed by atoms with Crippen molar-refractivity contribution in [2.75, 3.05) is 7.11 Å². The van der Waals surface area contributed by atoms with Crippen molar-refractivity contribution in [1.29, 1.82) is 5.41 Å². The van der Waals surface area contributed by atoms with E-state index in [1.165, 1.54) is 7.11 Å². The van der Waals surface area contributed by atoms with E-state index in [1.54, 1.807) is 0 Å². The molecule has 1 fully saturated rings. The Bertz CT molecular complexity index is 234. The molecule has 0 radical (unpaired) electrons. The summed E-state index contributed by atoms with van der Waals surface area (Å²) < 4.78 is 4.71. The van der Waals surface area contributed by atoms with Crippen LogP contribution in [0, 0.1) is 22.7 Å². The van der Waals surface area contributed by atoms with Crippen LogP contribution in [0.5, 0.6) is 0 Å². The summed E-state index contributed by atoms with van der Waals surface area (Å²) in [5.41, 5.74) is -0.321. The molecule has 0 spiro atoms. The van der Waals surface area contributed by atoms with Gasteiger partial charge in [0.15, 0.2) is 5.90 Å². The third-order valence-corrected chi connectivity index (χ3v) is 2.60. The topological polar surface area (TPSA) is 70.4 Å². The predicted octanol–water partition coefficient (Wildman–Crippen LogP) is 0.967. The largest absolute Gasteiger partial charge is 0.484 e. The van der Waals surface area contributed by atoms with Crippen molar-refractivity contribution in [3.8, 4) is 0 Å². The summed E-state index contributed by atoms with van der Waals surface area (Å²) in [6.45, 7) is 3.67. The highest BCUT2D eigenvalue weighted by atomic mass is 16.5. The van der Waals surface area contributed by atoms with E-state index in [0.29, 0.717) is 0 Å². The average molecular weight is 171 g/mol. The van der Waals surface area contributed by atoms with Crippen molar-refractivity contribution in [2.45, 2.75) is 13.8 Å². The number of carbonyl (C=O) groups is 1. The minimum absolute atomic E-state index is 0.0763. The first-order valence-electron chi connectivity index (χ1n) is 3.78. The highest BCUT2D eigenvalue weighted by Crippen LogP contribution is 2.58. The Hall–Kier alpha value is -1.06. The van der Waals surface area contributed by atoms with E-state index in [2.05, 4.69) is 0 Å². The van der Waals surface area contributed by atoms with Gasteiger partial charge in [0.2, 0.25) is 0 Å². The fourth-order valence-corrected chi connectivity index (χ4v) is 1.71.